The summed E-state index contributed by atoms with van der Waals surface area (Å²) in [5.74, 6) is 1.00. The molecule has 2 aromatic carbocycles. The fourth-order valence-electron chi connectivity index (χ4n) is 1.77. The lowest BCUT2D eigenvalue weighted by Gasteiger charge is -2.05. The molecule has 0 atom stereocenters. The number of allylic oxidation sites excluding steroid dienone is 1. The maximum Gasteiger partial charge on any atom is 0.186 e. The highest BCUT2D eigenvalue weighted by atomic mass is 32.2. The minimum Gasteiger partial charge on any atom is -0.289 e. The Morgan fingerprint density at radius 3 is 2.00 bits per heavy atom. The van der Waals surface area contributed by atoms with Crippen LogP contribution in [0.1, 0.15) is 22.8 Å². The maximum atomic E-state index is 12.2. The molecule has 96 valence electrons. The SMILES string of the molecule is CCSC(=CC(=O)c1ccccc1)c1ccccc1. The van der Waals surface area contributed by atoms with Crippen molar-refractivity contribution < 1.29 is 4.79 Å². The van der Waals surface area contributed by atoms with Crippen LogP contribution in [-0.2, 0) is 0 Å². The topological polar surface area (TPSA) is 17.1 Å². The van der Waals surface area contributed by atoms with Gasteiger partial charge in [0, 0.05) is 16.5 Å². The molecule has 1 nitrogen and oxygen atoms in total. The molecule has 2 aromatic rings. The molecule has 0 spiro atoms. The van der Waals surface area contributed by atoms with E-state index in [2.05, 4.69) is 6.92 Å². The van der Waals surface area contributed by atoms with Crippen LogP contribution in [-0.4, -0.2) is 11.5 Å². The predicted molar refractivity (Wildman–Crippen MR) is 83.3 cm³/mol. The Hall–Kier alpha value is -1.80. The summed E-state index contributed by atoms with van der Waals surface area (Å²) in [6.45, 7) is 2.09. The van der Waals surface area contributed by atoms with Crippen molar-refractivity contribution in [2.75, 3.05) is 5.75 Å². The molecule has 0 heterocycles. The first-order valence-corrected chi connectivity index (χ1v) is 7.29. The third-order valence-corrected chi connectivity index (χ3v) is 3.63. The fraction of sp³-hybridized carbons (Fsp3) is 0.118. The molecule has 0 radical (unpaired) electrons. The van der Waals surface area contributed by atoms with Gasteiger partial charge in [0.1, 0.15) is 0 Å². The molecule has 0 aliphatic heterocycles. The van der Waals surface area contributed by atoms with Gasteiger partial charge in [0.25, 0.3) is 0 Å². The van der Waals surface area contributed by atoms with Crippen LogP contribution in [0.15, 0.2) is 66.7 Å². The Morgan fingerprint density at radius 1 is 0.947 bits per heavy atom. The second-order valence-electron chi connectivity index (χ2n) is 4.04. The Balaban J connectivity index is 2.29. The summed E-state index contributed by atoms with van der Waals surface area (Å²) in [4.78, 5) is 13.2. The first-order chi connectivity index (χ1) is 9.31. The van der Waals surface area contributed by atoms with Gasteiger partial charge in [-0.25, -0.2) is 0 Å². The highest BCUT2D eigenvalue weighted by molar-refractivity contribution is 8.08. The summed E-state index contributed by atoms with van der Waals surface area (Å²) in [5, 5.41) is 0. The summed E-state index contributed by atoms with van der Waals surface area (Å²) >= 11 is 1.69. The molecule has 0 aromatic heterocycles. The number of carbonyl (C=O) groups excluding carboxylic acids is 1. The summed E-state index contributed by atoms with van der Waals surface area (Å²) in [6.07, 6.45) is 1.73. The molecule has 0 aliphatic rings. The molecule has 0 bridgehead atoms. The van der Waals surface area contributed by atoms with Crippen LogP contribution in [0.4, 0.5) is 0 Å². The van der Waals surface area contributed by atoms with Crippen molar-refractivity contribution in [2.45, 2.75) is 6.92 Å². The number of hydrogen-bond donors (Lipinski definition) is 0. The number of ketones is 1. The number of thioether (sulfide) groups is 1. The van der Waals surface area contributed by atoms with E-state index in [0.717, 1.165) is 21.8 Å². The Kier molecular flexibility index (Phi) is 4.99. The lowest BCUT2D eigenvalue weighted by Crippen LogP contribution is -1.95. The zero-order valence-corrected chi connectivity index (χ0v) is 11.7. The van der Waals surface area contributed by atoms with E-state index in [1.807, 2.05) is 60.7 Å². The van der Waals surface area contributed by atoms with E-state index in [-0.39, 0.29) is 5.78 Å². The smallest absolute Gasteiger partial charge is 0.186 e. The second-order valence-corrected chi connectivity index (χ2v) is 5.34. The van der Waals surface area contributed by atoms with Crippen LogP contribution in [0, 0.1) is 0 Å². The average Bonchev–Trinajstić information content (AvgIpc) is 2.48. The van der Waals surface area contributed by atoms with E-state index in [1.165, 1.54) is 0 Å². The fourth-order valence-corrected chi connectivity index (χ4v) is 2.58. The maximum absolute atomic E-state index is 12.2. The van der Waals surface area contributed by atoms with E-state index < -0.39 is 0 Å². The van der Waals surface area contributed by atoms with E-state index in [0.29, 0.717) is 0 Å². The molecule has 0 fully saturated rings. The van der Waals surface area contributed by atoms with Crippen molar-refractivity contribution in [2.24, 2.45) is 0 Å². The zero-order chi connectivity index (χ0) is 13.5. The molecular weight excluding hydrogens is 252 g/mol. The molecule has 2 rings (SSSR count). The lowest BCUT2D eigenvalue weighted by atomic mass is 10.1. The van der Waals surface area contributed by atoms with Crippen molar-refractivity contribution in [1.29, 1.82) is 0 Å². The second kappa shape index (κ2) is 6.95. The number of hydrogen-bond acceptors (Lipinski definition) is 2. The van der Waals surface area contributed by atoms with E-state index >= 15 is 0 Å². The van der Waals surface area contributed by atoms with E-state index in [1.54, 1.807) is 17.8 Å². The van der Waals surface area contributed by atoms with Crippen LogP contribution in [0.3, 0.4) is 0 Å². The third kappa shape index (κ3) is 3.83. The summed E-state index contributed by atoms with van der Waals surface area (Å²) in [6, 6.07) is 19.4. The molecule has 2 heteroatoms. The molecule has 0 N–H and O–H groups in total. The van der Waals surface area contributed by atoms with Gasteiger partial charge in [-0.05, 0) is 11.3 Å². The van der Waals surface area contributed by atoms with Gasteiger partial charge in [0.15, 0.2) is 5.78 Å². The Morgan fingerprint density at radius 2 is 1.47 bits per heavy atom. The van der Waals surface area contributed by atoms with Crippen LogP contribution in [0.25, 0.3) is 4.91 Å². The van der Waals surface area contributed by atoms with E-state index in [9.17, 15) is 4.79 Å². The van der Waals surface area contributed by atoms with Gasteiger partial charge in [-0.2, -0.15) is 0 Å². The van der Waals surface area contributed by atoms with Crippen molar-refractivity contribution in [1.82, 2.24) is 0 Å². The minimum atomic E-state index is 0.0559. The summed E-state index contributed by atoms with van der Waals surface area (Å²) in [7, 11) is 0. The van der Waals surface area contributed by atoms with E-state index in [4.69, 9.17) is 0 Å². The Bertz CT molecular complexity index is 558. The van der Waals surface area contributed by atoms with Crippen LogP contribution >= 0.6 is 11.8 Å². The molecular formula is C17H16OS. The standard InChI is InChI=1S/C17H16OS/c1-2-19-17(15-11-7-4-8-12-15)13-16(18)14-9-5-3-6-10-14/h3-13H,2H2,1H3. The van der Waals surface area contributed by atoms with Crippen LogP contribution in [0.5, 0.6) is 0 Å². The molecule has 19 heavy (non-hydrogen) atoms. The number of benzene rings is 2. The molecule has 0 aliphatic carbocycles. The van der Waals surface area contributed by atoms with Gasteiger partial charge in [0.2, 0.25) is 0 Å². The highest BCUT2D eigenvalue weighted by Gasteiger charge is 2.06. The van der Waals surface area contributed by atoms with Gasteiger partial charge >= 0.3 is 0 Å². The first kappa shape index (κ1) is 13.6. The Labute approximate surface area is 118 Å². The van der Waals surface area contributed by atoms with Crippen molar-refractivity contribution in [3.63, 3.8) is 0 Å². The van der Waals surface area contributed by atoms with Gasteiger partial charge in [-0.15, -0.1) is 11.8 Å². The first-order valence-electron chi connectivity index (χ1n) is 6.30. The molecule has 0 unspecified atom stereocenters. The van der Waals surface area contributed by atoms with Crippen molar-refractivity contribution in [3.8, 4) is 0 Å². The minimum absolute atomic E-state index is 0.0559. The van der Waals surface area contributed by atoms with Gasteiger partial charge in [0.05, 0.1) is 0 Å². The van der Waals surface area contributed by atoms with Gasteiger partial charge in [-0.3, -0.25) is 4.79 Å². The zero-order valence-electron chi connectivity index (χ0n) is 10.9. The van der Waals surface area contributed by atoms with Crippen molar-refractivity contribution >= 4 is 22.5 Å². The normalized spacial score (nSPS) is 11.3. The number of rotatable bonds is 5. The van der Waals surface area contributed by atoms with Gasteiger partial charge < -0.3 is 0 Å². The van der Waals surface area contributed by atoms with Gasteiger partial charge in [-0.1, -0.05) is 67.6 Å². The number of carbonyl (C=O) groups is 1. The molecule has 0 saturated carbocycles. The average molecular weight is 268 g/mol. The highest BCUT2D eigenvalue weighted by Crippen LogP contribution is 2.27. The molecule has 0 saturated heterocycles. The van der Waals surface area contributed by atoms with Crippen molar-refractivity contribution in [3.05, 3.63) is 77.9 Å². The largest absolute Gasteiger partial charge is 0.289 e. The van der Waals surface area contributed by atoms with Crippen LogP contribution in [0.2, 0.25) is 0 Å². The lowest BCUT2D eigenvalue weighted by molar-refractivity contribution is 0.104. The predicted octanol–water partition coefficient (Wildman–Crippen LogP) is 4.66. The summed E-state index contributed by atoms with van der Waals surface area (Å²) < 4.78 is 0. The molecule has 0 amide bonds. The third-order valence-electron chi connectivity index (χ3n) is 2.68. The van der Waals surface area contributed by atoms with Crippen LogP contribution < -0.4 is 0 Å². The monoisotopic (exact) mass is 268 g/mol. The quantitative estimate of drug-likeness (QED) is 0.579. The summed E-state index contributed by atoms with van der Waals surface area (Å²) in [5.41, 5.74) is 1.83.